The first-order valence-corrected chi connectivity index (χ1v) is 6.13. The molecule has 18 heavy (non-hydrogen) atoms. The molecule has 1 saturated carbocycles. The number of carbonyl (C=O) groups is 1. The first kappa shape index (κ1) is 10.1. The van der Waals surface area contributed by atoms with Crippen molar-refractivity contribution in [1.82, 2.24) is 13.9 Å². The van der Waals surface area contributed by atoms with E-state index in [4.69, 9.17) is 0 Å². The van der Waals surface area contributed by atoms with E-state index >= 15 is 0 Å². The van der Waals surface area contributed by atoms with Crippen LogP contribution >= 0.6 is 0 Å². The molecular weight excluding hydrogens is 234 g/mol. The lowest BCUT2D eigenvalue weighted by Gasteiger charge is -2.32. The average molecular weight is 247 g/mol. The molecule has 1 unspecified atom stereocenters. The summed E-state index contributed by atoms with van der Waals surface area (Å²) in [5.74, 6) is 0.583. The molecule has 0 amide bonds. The highest BCUT2D eigenvalue weighted by atomic mass is 16.2. The molecule has 0 radical (unpaired) electrons. The van der Waals surface area contributed by atoms with E-state index < -0.39 is 0 Å². The topological polar surface area (TPSA) is 66.0 Å². The summed E-state index contributed by atoms with van der Waals surface area (Å²) in [6.07, 6.45) is 3.94. The van der Waals surface area contributed by atoms with Crippen LogP contribution in [0.4, 0.5) is 0 Å². The predicted octanol–water partition coefficient (Wildman–Crippen LogP) is -0.535. The third-order valence-corrected chi connectivity index (χ3v) is 4.66. The Kier molecular flexibility index (Phi) is 1.55. The van der Waals surface area contributed by atoms with Crippen molar-refractivity contribution in [3.05, 3.63) is 33.1 Å². The highest BCUT2D eigenvalue weighted by molar-refractivity contribution is 5.82. The first-order chi connectivity index (χ1) is 8.54. The molecule has 3 heterocycles. The Balaban J connectivity index is 1.97. The average Bonchev–Trinajstić information content (AvgIpc) is 3.07. The Morgan fingerprint density at radius 1 is 1.06 bits per heavy atom. The largest absolute Gasteiger partial charge is 0.347 e. The minimum absolute atomic E-state index is 0.00602. The maximum Gasteiger partial charge on any atom is 0.347 e. The number of ketones is 1. The van der Waals surface area contributed by atoms with Crippen molar-refractivity contribution in [2.24, 2.45) is 24.8 Å². The normalized spacial score (nSPS) is 38.4. The molecule has 0 N–H and O–H groups in total. The molecule has 4 aliphatic rings. The third kappa shape index (κ3) is 0.866. The lowest BCUT2D eigenvalue weighted by Crippen LogP contribution is -2.40. The molecule has 5 atom stereocenters. The van der Waals surface area contributed by atoms with Gasteiger partial charge in [-0.2, -0.15) is 0 Å². The number of aromatic nitrogens is 3. The number of rotatable bonds is 1. The quantitative estimate of drug-likeness (QED) is 0.626. The van der Waals surface area contributed by atoms with Gasteiger partial charge in [-0.3, -0.25) is 4.79 Å². The van der Waals surface area contributed by atoms with Crippen molar-refractivity contribution in [2.45, 2.75) is 19.0 Å². The van der Waals surface area contributed by atoms with Crippen molar-refractivity contribution in [2.75, 3.05) is 0 Å². The van der Waals surface area contributed by atoms with Crippen LogP contribution in [0.1, 0.15) is 19.0 Å². The molecule has 5 rings (SSSR count). The van der Waals surface area contributed by atoms with Gasteiger partial charge in [0.1, 0.15) is 5.78 Å². The second-order valence-corrected chi connectivity index (χ2v) is 5.47. The fourth-order valence-electron chi connectivity index (χ4n) is 3.87. The van der Waals surface area contributed by atoms with E-state index in [1.807, 2.05) is 12.2 Å². The van der Waals surface area contributed by atoms with Gasteiger partial charge >= 0.3 is 11.4 Å². The summed E-state index contributed by atoms with van der Waals surface area (Å²) in [6, 6.07) is -0.259. The lowest BCUT2D eigenvalue weighted by atomic mass is 9.96. The Morgan fingerprint density at radius 3 is 1.89 bits per heavy atom. The first-order valence-electron chi connectivity index (χ1n) is 6.13. The van der Waals surface area contributed by atoms with Crippen LogP contribution in [0.2, 0.25) is 0 Å². The predicted molar refractivity (Wildman–Crippen MR) is 62.3 cm³/mol. The molecule has 1 aromatic heterocycles. The lowest BCUT2D eigenvalue weighted by molar-refractivity contribution is -0.118. The van der Waals surface area contributed by atoms with E-state index in [0.717, 1.165) is 4.57 Å². The van der Waals surface area contributed by atoms with Gasteiger partial charge in [0.15, 0.2) is 0 Å². The number of allylic oxidation sites excluding steroid dienone is 2. The molecule has 0 spiro atoms. The molecule has 1 aromatic rings. The summed E-state index contributed by atoms with van der Waals surface area (Å²) in [4.78, 5) is 35.7. The number of hydrogen-bond acceptors (Lipinski definition) is 3. The van der Waals surface area contributed by atoms with Gasteiger partial charge < -0.3 is 0 Å². The minimum atomic E-state index is -0.285. The maximum absolute atomic E-state index is 12.1. The van der Waals surface area contributed by atoms with E-state index in [1.54, 1.807) is 6.92 Å². The summed E-state index contributed by atoms with van der Waals surface area (Å²) in [7, 11) is 1.50. The smallest absolute Gasteiger partial charge is 0.300 e. The highest BCUT2D eigenvalue weighted by Gasteiger charge is 2.65. The molecule has 1 fully saturated rings. The number of carbonyl (C=O) groups excluding carboxylic acids is 1. The Hall–Kier alpha value is -1.85. The SMILES string of the molecule is CC(=O)C1[C@@H]2[C@H]1[C@@H]1C=C[C@H]2n2c(=O)n(C)c(=O)n21. The van der Waals surface area contributed by atoms with Crippen LogP contribution in [0.25, 0.3) is 0 Å². The molecule has 2 aliphatic heterocycles. The van der Waals surface area contributed by atoms with Gasteiger partial charge in [0.2, 0.25) is 0 Å². The van der Waals surface area contributed by atoms with E-state index in [-0.39, 0.29) is 47.0 Å². The zero-order chi connectivity index (χ0) is 12.8. The highest BCUT2D eigenvalue weighted by Crippen LogP contribution is 2.63. The molecule has 94 valence electrons. The molecule has 2 aliphatic carbocycles. The van der Waals surface area contributed by atoms with Crippen LogP contribution in [0.3, 0.4) is 0 Å². The molecule has 2 bridgehead atoms. The van der Waals surface area contributed by atoms with Gasteiger partial charge in [-0.25, -0.2) is 23.5 Å². The van der Waals surface area contributed by atoms with E-state index in [9.17, 15) is 14.4 Å². The standard InChI is InChI=1S/C12H13N3O3/c1-5(16)8-9-6-3-4-7(10(8)9)15-12(18)13(2)11(17)14(6)15/h3-4,6-10H,1-2H3/t6-,7+,8?,9-,10+. The van der Waals surface area contributed by atoms with Crippen LogP contribution in [0, 0.1) is 17.8 Å². The fourth-order valence-corrected chi connectivity index (χ4v) is 3.87. The summed E-state index contributed by atoms with van der Waals surface area (Å²) >= 11 is 0. The zero-order valence-electron chi connectivity index (χ0n) is 10.1. The second-order valence-electron chi connectivity index (χ2n) is 5.47. The summed E-state index contributed by atoms with van der Waals surface area (Å²) in [6.45, 7) is 1.60. The second kappa shape index (κ2) is 2.76. The van der Waals surface area contributed by atoms with E-state index in [2.05, 4.69) is 0 Å². The number of hydrogen-bond donors (Lipinski definition) is 0. The van der Waals surface area contributed by atoms with Crippen molar-refractivity contribution < 1.29 is 4.79 Å². The van der Waals surface area contributed by atoms with Crippen molar-refractivity contribution in [3.63, 3.8) is 0 Å². The number of Topliss-reactive ketones (excluding diaryl/α,β-unsaturated/α-hetero) is 1. The van der Waals surface area contributed by atoms with E-state index in [0.29, 0.717) is 0 Å². The molecule has 0 saturated heterocycles. The summed E-state index contributed by atoms with van der Waals surface area (Å²) in [5.41, 5.74) is -0.570. The van der Waals surface area contributed by atoms with Crippen molar-refractivity contribution >= 4 is 5.78 Å². The van der Waals surface area contributed by atoms with Gasteiger partial charge in [0.25, 0.3) is 0 Å². The van der Waals surface area contributed by atoms with Gasteiger partial charge in [0, 0.05) is 24.8 Å². The van der Waals surface area contributed by atoms with Crippen molar-refractivity contribution in [1.29, 1.82) is 0 Å². The van der Waals surface area contributed by atoms with Gasteiger partial charge in [-0.05, 0) is 6.92 Å². The minimum Gasteiger partial charge on any atom is -0.300 e. The van der Waals surface area contributed by atoms with E-state index in [1.165, 1.54) is 16.4 Å². The van der Waals surface area contributed by atoms with Crippen LogP contribution in [-0.2, 0) is 11.8 Å². The van der Waals surface area contributed by atoms with Gasteiger partial charge in [-0.15, -0.1) is 0 Å². The van der Waals surface area contributed by atoms with Crippen molar-refractivity contribution in [3.8, 4) is 0 Å². The molecule has 0 aromatic carbocycles. The monoisotopic (exact) mass is 247 g/mol. The molecular formula is C12H13N3O3. The van der Waals surface area contributed by atoms with Crippen LogP contribution in [-0.4, -0.2) is 19.7 Å². The zero-order valence-corrected chi connectivity index (χ0v) is 10.1. The molecule has 6 heteroatoms. The van der Waals surface area contributed by atoms with Crippen LogP contribution in [0.5, 0.6) is 0 Å². The summed E-state index contributed by atoms with van der Waals surface area (Å²) in [5, 5.41) is 0. The number of nitrogens with zero attached hydrogens (tertiary/aromatic N) is 3. The van der Waals surface area contributed by atoms with Crippen LogP contribution < -0.4 is 11.4 Å². The molecule has 6 nitrogen and oxygen atoms in total. The van der Waals surface area contributed by atoms with Gasteiger partial charge in [0.05, 0.1) is 12.1 Å². The maximum atomic E-state index is 12.1. The van der Waals surface area contributed by atoms with Gasteiger partial charge in [-0.1, -0.05) is 12.2 Å². The summed E-state index contributed by atoms with van der Waals surface area (Å²) < 4.78 is 4.19. The Labute approximate surface area is 102 Å². The Bertz CT molecular complexity index is 668. The van der Waals surface area contributed by atoms with Crippen LogP contribution in [0.15, 0.2) is 21.7 Å². The third-order valence-electron chi connectivity index (χ3n) is 4.66. The Morgan fingerprint density at radius 2 is 1.50 bits per heavy atom. The fraction of sp³-hybridized carbons (Fsp3) is 0.583.